The van der Waals surface area contributed by atoms with Crippen molar-refractivity contribution < 1.29 is 4.79 Å². The number of imidazole rings is 1. The van der Waals surface area contributed by atoms with E-state index >= 15 is 0 Å². The minimum atomic E-state index is -0.196. The Kier molecular flexibility index (Phi) is 4.81. The molecule has 5 heteroatoms. The van der Waals surface area contributed by atoms with Crippen LogP contribution in [0.15, 0.2) is 12.5 Å². The van der Waals surface area contributed by atoms with E-state index in [2.05, 4.69) is 18.8 Å². The molecule has 0 aromatic carbocycles. The lowest BCUT2D eigenvalue weighted by molar-refractivity contribution is -0.133. The third kappa shape index (κ3) is 2.87. The SMILES string of the molecule is CC(C)C(CN)c1cncn1C(C)C(=O)N1CCCC1. The smallest absolute Gasteiger partial charge is 0.245 e. The predicted octanol–water partition coefficient (Wildman–Crippen LogP) is 1.76. The third-order valence-electron chi connectivity index (χ3n) is 4.33. The number of carbonyl (C=O) groups excluding carboxylic acids is 1. The summed E-state index contributed by atoms with van der Waals surface area (Å²) in [4.78, 5) is 18.7. The molecule has 0 radical (unpaired) electrons. The lowest BCUT2D eigenvalue weighted by atomic mass is 9.92. The highest BCUT2D eigenvalue weighted by molar-refractivity contribution is 5.80. The first-order valence-corrected chi connectivity index (χ1v) is 7.56. The van der Waals surface area contributed by atoms with Gasteiger partial charge in [-0.2, -0.15) is 0 Å². The highest BCUT2D eigenvalue weighted by Crippen LogP contribution is 2.26. The minimum Gasteiger partial charge on any atom is -0.341 e. The molecule has 1 amide bonds. The molecular weight excluding hydrogens is 252 g/mol. The maximum Gasteiger partial charge on any atom is 0.245 e. The highest BCUT2D eigenvalue weighted by Gasteiger charge is 2.27. The van der Waals surface area contributed by atoms with Crippen molar-refractivity contribution in [3.63, 3.8) is 0 Å². The molecule has 1 fully saturated rings. The van der Waals surface area contributed by atoms with Gasteiger partial charge in [0.25, 0.3) is 0 Å². The van der Waals surface area contributed by atoms with Crippen LogP contribution in [0.25, 0.3) is 0 Å². The third-order valence-corrected chi connectivity index (χ3v) is 4.33. The zero-order valence-electron chi connectivity index (χ0n) is 12.7. The van der Waals surface area contributed by atoms with Crippen LogP contribution in [0, 0.1) is 5.92 Å². The Morgan fingerprint density at radius 3 is 2.55 bits per heavy atom. The summed E-state index contributed by atoms with van der Waals surface area (Å²) in [5.74, 6) is 0.872. The second-order valence-corrected chi connectivity index (χ2v) is 6.02. The predicted molar refractivity (Wildman–Crippen MR) is 79.4 cm³/mol. The van der Waals surface area contributed by atoms with Crippen LogP contribution in [0.2, 0.25) is 0 Å². The number of nitrogens with zero attached hydrogens (tertiary/aromatic N) is 3. The largest absolute Gasteiger partial charge is 0.341 e. The fourth-order valence-corrected chi connectivity index (χ4v) is 2.98. The zero-order chi connectivity index (χ0) is 14.7. The number of carbonyl (C=O) groups is 1. The van der Waals surface area contributed by atoms with Crippen LogP contribution in [0.4, 0.5) is 0 Å². The molecule has 1 aromatic rings. The maximum absolute atomic E-state index is 12.5. The van der Waals surface area contributed by atoms with E-state index in [0.717, 1.165) is 31.6 Å². The van der Waals surface area contributed by atoms with Crippen LogP contribution in [0.5, 0.6) is 0 Å². The summed E-state index contributed by atoms with van der Waals surface area (Å²) in [5.41, 5.74) is 6.97. The van der Waals surface area contributed by atoms with Gasteiger partial charge in [-0.3, -0.25) is 4.79 Å². The zero-order valence-corrected chi connectivity index (χ0v) is 12.7. The molecule has 1 aromatic heterocycles. The molecule has 1 saturated heterocycles. The standard InChI is InChI=1S/C15H26N4O/c1-11(2)13(8-16)14-9-17-10-19(14)12(3)15(20)18-6-4-5-7-18/h9-13H,4-8,16H2,1-3H3. The molecule has 0 aliphatic carbocycles. The summed E-state index contributed by atoms with van der Waals surface area (Å²) in [7, 11) is 0. The fraction of sp³-hybridized carbons (Fsp3) is 0.733. The van der Waals surface area contributed by atoms with Crippen molar-refractivity contribution in [2.24, 2.45) is 11.7 Å². The molecular formula is C15H26N4O. The summed E-state index contributed by atoms with van der Waals surface area (Å²) >= 11 is 0. The Bertz CT molecular complexity index is 448. The first-order chi connectivity index (χ1) is 9.56. The molecule has 0 saturated carbocycles. The first kappa shape index (κ1) is 15.0. The van der Waals surface area contributed by atoms with Gasteiger partial charge in [0.2, 0.25) is 5.91 Å². The number of hydrogen-bond donors (Lipinski definition) is 1. The van der Waals surface area contributed by atoms with Crippen molar-refractivity contribution >= 4 is 5.91 Å². The van der Waals surface area contributed by atoms with E-state index in [1.165, 1.54) is 0 Å². The fourth-order valence-electron chi connectivity index (χ4n) is 2.98. The van der Waals surface area contributed by atoms with Crippen molar-refractivity contribution in [3.8, 4) is 0 Å². The lowest BCUT2D eigenvalue weighted by Gasteiger charge is -2.26. The van der Waals surface area contributed by atoms with E-state index in [1.807, 2.05) is 22.6 Å². The van der Waals surface area contributed by atoms with Gasteiger partial charge in [0.15, 0.2) is 0 Å². The minimum absolute atomic E-state index is 0.196. The summed E-state index contributed by atoms with van der Waals surface area (Å²) in [6.45, 7) is 8.62. The van der Waals surface area contributed by atoms with E-state index < -0.39 is 0 Å². The monoisotopic (exact) mass is 278 g/mol. The van der Waals surface area contributed by atoms with Crippen molar-refractivity contribution in [2.75, 3.05) is 19.6 Å². The lowest BCUT2D eigenvalue weighted by Crippen LogP contribution is -2.35. The van der Waals surface area contributed by atoms with Gasteiger partial charge < -0.3 is 15.2 Å². The molecule has 1 aliphatic heterocycles. The number of nitrogens with two attached hydrogens (primary N) is 1. The van der Waals surface area contributed by atoms with Crippen molar-refractivity contribution in [1.29, 1.82) is 0 Å². The molecule has 0 bridgehead atoms. The van der Waals surface area contributed by atoms with Gasteiger partial charge in [-0.15, -0.1) is 0 Å². The topological polar surface area (TPSA) is 64.1 Å². The van der Waals surface area contributed by atoms with E-state index in [0.29, 0.717) is 12.5 Å². The van der Waals surface area contributed by atoms with Crippen LogP contribution in [0.1, 0.15) is 51.3 Å². The summed E-state index contributed by atoms with van der Waals surface area (Å²) < 4.78 is 2.00. The number of hydrogen-bond acceptors (Lipinski definition) is 3. The van der Waals surface area contributed by atoms with Crippen molar-refractivity contribution in [2.45, 2.75) is 45.6 Å². The van der Waals surface area contributed by atoms with Gasteiger partial charge in [-0.1, -0.05) is 13.8 Å². The highest BCUT2D eigenvalue weighted by atomic mass is 16.2. The summed E-state index contributed by atoms with van der Waals surface area (Å²) in [6.07, 6.45) is 5.85. The Labute approximate surface area is 121 Å². The van der Waals surface area contributed by atoms with Crippen molar-refractivity contribution in [3.05, 3.63) is 18.2 Å². The molecule has 1 aliphatic rings. The molecule has 0 spiro atoms. The Balaban J connectivity index is 2.20. The molecule has 2 N–H and O–H groups in total. The quantitative estimate of drug-likeness (QED) is 0.892. The van der Waals surface area contributed by atoms with E-state index in [1.54, 1.807) is 6.33 Å². The number of likely N-dealkylation sites (tertiary alicyclic amines) is 1. The van der Waals surface area contributed by atoms with Crippen LogP contribution in [-0.2, 0) is 4.79 Å². The van der Waals surface area contributed by atoms with E-state index in [4.69, 9.17) is 5.73 Å². The van der Waals surface area contributed by atoms with Gasteiger partial charge in [0.05, 0.1) is 6.33 Å². The van der Waals surface area contributed by atoms with Crippen LogP contribution in [-0.4, -0.2) is 40.0 Å². The normalized spacial score (nSPS) is 18.6. The van der Waals surface area contributed by atoms with Crippen LogP contribution in [0.3, 0.4) is 0 Å². The molecule has 2 unspecified atom stereocenters. The van der Waals surface area contributed by atoms with Gasteiger partial charge in [-0.25, -0.2) is 4.98 Å². The second-order valence-electron chi connectivity index (χ2n) is 6.02. The van der Waals surface area contributed by atoms with Gasteiger partial charge >= 0.3 is 0 Å². The molecule has 5 nitrogen and oxygen atoms in total. The Morgan fingerprint density at radius 2 is 2.00 bits per heavy atom. The number of aromatic nitrogens is 2. The van der Waals surface area contributed by atoms with Crippen molar-refractivity contribution in [1.82, 2.24) is 14.5 Å². The number of rotatable bonds is 5. The van der Waals surface area contributed by atoms with E-state index in [9.17, 15) is 4.79 Å². The molecule has 2 heterocycles. The van der Waals surface area contributed by atoms with Gasteiger partial charge in [0.1, 0.15) is 6.04 Å². The first-order valence-electron chi connectivity index (χ1n) is 7.56. The summed E-state index contributed by atoms with van der Waals surface area (Å²) in [5, 5.41) is 0. The molecule has 20 heavy (non-hydrogen) atoms. The molecule has 2 atom stereocenters. The number of amides is 1. The Morgan fingerprint density at radius 1 is 1.35 bits per heavy atom. The Hall–Kier alpha value is -1.36. The average Bonchev–Trinajstić information content (AvgIpc) is 3.08. The summed E-state index contributed by atoms with van der Waals surface area (Å²) in [6, 6.07) is -0.196. The second kappa shape index (κ2) is 6.39. The average molecular weight is 278 g/mol. The van der Waals surface area contributed by atoms with Crippen LogP contribution < -0.4 is 5.73 Å². The molecule has 2 rings (SSSR count). The van der Waals surface area contributed by atoms with Gasteiger partial charge in [0, 0.05) is 37.4 Å². The van der Waals surface area contributed by atoms with E-state index in [-0.39, 0.29) is 17.9 Å². The molecule has 112 valence electrons. The maximum atomic E-state index is 12.5. The van der Waals surface area contributed by atoms with Crippen LogP contribution >= 0.6 is 0 Å². The van der Waals surface area contributed by atoms with Gasteiger partial charge in [-0.05, 0) is 25.7 Å².